The molecule has 3 amide bonds. The summed E-state index contributed by atoms with van der Waals surface area (Å²) in [7, 11) is 1.73. The van der Waals surface area contributed by atoms with E-state index in [9.17, 15) is 14.4 Å². The highest BCUT2D eigenvalue weighted by Gasteiger charge is 2.30. The first-order valence-corrected chi connectivity index (χ1v) is 8.19. The second kappa shape index (κ2) is 6.93. The Bertz CT molecular complexity index is 780. The highest BCUT2D eigenvalue weighted by molar-refractivity contribution is 6.03. The molecular weight excluding hydrogens is 320 g/mol. The highest BCUT2D eigenvalue weighted by atomic mass is 16.3. The van der Waals surface area contributed by atoms with Crippen LogP contribution in [0.3, 0.4) is 0 Å². The van der Waals surface area contributed by atoms with Crippen molar-refractivity contribution in [2.75, 3.05) is 7.05 Å². The number of nitrogens with zero attached hydrogens (tertiary/aromatic N) is 1. The molecule has 25 heavy (non-hydrogen) atoms. The molecule has 2 heterocycles. The topological polar surface area (TPSA) is 79.6 Å². The Morgan fingerprint density at radius 2 is 2.00 bits per heavy atom. The minimum absolute atomic E-state index is 0.107. The second-order valence-electron chi connectivity index (χ2n) is 6.32. The Kier molecular flexibility index (Phi) is 4.70. The fourth-order valence-corrected chi connectivity index (χ4v) is 2.94. The van der Waals surface area contributed by atoms with Crippen molar-refractivity contribution in [1.82, 2.24) is 10.2 Å². The summed E-state index contributed by atoms with van der Waals surface area (Å²) in [5, 5.41) is 2.31. The second-order valence-corrected chi connectivity index (χ2v) is 6.32. The summed E-state index contributed by atoms with van der Waals surface area (Å²) in [6, 6.07) is 10.6. The van der Waals surface area contributed by atoms with Crippen LogP contribution < -0.4 is 5.32 Å². The van der Waals surface area contributed by atoms with Crippen LogP contribution >= 0.6 is 0 Å². The lowest BCUT2D eigenvalue weighted by Gasteiger charge is -2.23. The third-order valence-electron chi connectivity index (χ3n) is 4.60. The molecule has 0 spiro atoms. The zero-order chi connectivity index (χ0) is 18.0. The van der Waals surface area contributed by atoms with Crippen LogP contribution in [-0.4, -0.2) is 29.7 Å². The van der Waals surface area contributed by atoms with Gasteiger partial charge in [-0.2, -0.15) is 0 Å². The predicted octanol–water partition coefficient (Wildman–Crippen LogP) is 2.32. The van der Waals surface area contributed by atoms with E-state index in [-0.39, 0.29) is 36.1 Å². The van der Waals surface area contributed by atoms with Crippen LogP contribution in [0.4, 0.5) is 0 Å². The monoisotopic (exact) mass is 340 g/mol. The Hall–Kier alpha value is -2.89. The van der Waals surface area contributed by atoms with Gasteiger partial charge >= 0.3 is 0 Å². The molecule has 1 aromatic carbocycles. The quantitative estimate of drug-likeness (QED) is 0.847. The molecule has 0 bridgehead atoms. The van der Waals surface area contributed by atoms with E-state index in [2.05, 4.69) is 5.32 Å². The zero-order valence-corrected chi connectivity index (χ0v) is 14.2. The van der Waals surface area contributed by atoms with Gasteiger partial charge in [0.1, 0.15) is 5.76 Å². The van der Waals surface area contributed by atoms with Crippen molar-refractivity contribution in [3.8, 4) is 0 Å². The molecule has 6 nitrogen and oxygen atoms in total. The van der Waals surface area contributed by atoms with E-state index in [1.54, 1.807) is 36.4 Å². The lowest BCUT2D eigenvalue weighted by molar-refractivity contribution is -0.125. The van der Waals surface area contributed by atoms with Crippen LogP contribution in [0, 0.1) is 5.92 Å². The van der Waals surface area contributed by atoms with Gasteiger partial charge in [0.05, 0.1) is 18.2 Å². The standard InChI is InChI=1S/C19H20N2O4/c1-12(16-4-3-9-25-16)21(2)19(24)14-7-5-13(6-8-14)10-15-11-17(22)20-18(15)23/h3-9,12,15H,10-11H2,1-2H3,(H,20,22,23)/t12-,15+/m1/s1. The zero-order valence-electron chi connectivity index (χ0n) is 14.2. The molecule has 130 valence electrons. The maximum absolute atomic E-state index is 12.6. The summed E-state index contributed by atoms with van der Waals surface area (Å²) in [5.41, 5.74) is 1.49. The number of benzene rings is 1. The van der Waals surface area contributed by atoms with Gasteiger partial charge in [0, 0.05) is 19.0 Å². The molecule has 6 heteroatoms. The number of furan rings is 1. The first-order valence-electron chi connectivity index (χ1n) is 8.19. The highest BCUT2D eigenvalue weighted by Crippen LogP contribution is 2.22. The minimum Gasteiger partial charge on any atom is -0.467 e. The molecular formula is C19H20N2O4. The fraction of sp³-hybridized carbons (Fsp3) is 0.316. The van der Waals surface area contributed by atoms with Gasteiger partial charge in [0.25, 0.3) is 5.91 Å². The van der Waals surface area contributed by atoms with E-state index in [1.165, 1.54) is 0 Å². The van der Waals surface area contributed by atoms with Crippen molar-refractivity contribution in [3.05, 3.63) is 59.5 Å². The van der Waals surface area contributed by atoms with Crippen LogP contribution in [0.25, 0.3) is 0 Å². The van der Waals surface area contributed by atoms with Crippen molar-refractivity contribution >= 4 is 17.7 Å². The fourth-order valence-electron chi connectivity index (χ4n) is 2.94. The Balaban J connectivity index is 1.66. The normalized spacial score (nSPS) is 18.1. The Labute approximate surface area is 145 Å². The Morgan fingerprint density at radius 1 is 1.28 bits per heavy atom. The molecule has 3 rings (SSSR count). The molecule has 1 aliphatic heterocycles. The molecule has 2 aromatic rings. The van der Waals surface area contributed by atoms with Gasteiger partial charge in [-0.05, 0) is 43.2 Å². The van der Waals surface area contributed by atoms with Gasteiger partial charge in [0.2, 0.25) is 11.8 Å². The largest absolute Gasteiger partial charge is 0.467 e. The molecule has 0 aliphatic carbocycles. The van der Waals surface area contributed by atoms with Gasteiger partial charge < -0.3 is 9.32 Å². The first-order chi connectivity index (χ1) is 12.0. The molecule has 1 fully saturated rings. The van der Waals surface area contributed by atoms with Crippen LogP contribution in [0.5, 0.6) is 0 Å². The third kappa shape index (κ3) is 3.63. The summed E-state index contributed by atoms with van der Waals surface area (Å²) >= 11 is 0. The number of carbonyl (C=O) groups is 3. The van der Waals surface area contributed by atoms with Crippen LogP contribution in [0.15, 0.2) is 47.1 Å². The van der Waals surface area contributed by atoms with E-state index >= 15 is 0 Å². The maximum atomic E-state index is 12.6. The summed E-state index contributed by atoms with van der Waals surface area (Å²) in [5.74, 6) is -0.156. The van der Waals surface area contributed by atoms with Crippen molar-refractivity contribution in [1.29, 1.82) is 0 Å². The SMILES string of the molecule is C[C@H](c1ccco1)N(C)C(=O)c1ccc(C[C@H]2CC(=O)NC2=O)cc1. The summed E-state index contributed by atoms with van der Waals surface area (Å²) in [6.45, 7) is 1.90. The number of rotatable bonds is 5. The van der Waals surface area contributed by atoms with Crippen LogP contribution in [0.1, 0.15) is 41.1 Å². The smallest absolute Gasteiger partial charge is 0.254 e. The Morgan fingerprint density at radius 3 is 2.56 bits per heavy atom. The molecule has 0 unspecified atom stereocenters. The van der Waals surface area contributed by atoms with Gasteiger partial charge in [-0.1, -0.05) is 12.1 Å². The number of carbonyl (C=O) groups excluding carboxylic acids is 3. The number of hydrogen-bond donors (Lipinski definition) is 1. The third-order valence-corrected chi connectivity index (χ3v) is 4.60. The van der Waals surface area contributed by atoms with E-state index in [1.807, 2.05) is 25.1 Å². The van der Waals surface area contributed by atoms with E-state index in [0.29, 0.717) is 12.0 Å². The van der Waals surface area contributed by atoms with Crippen molar-refractivity contribution in [3.63, 3.8) is 0 Å². The molecule has 1 aliphatic rings. The van der Waals surface area contributed by atoms with Gasteiger partial charge in [-0.3, -0.25) is 19.7 Å². The van der Waals surface area contributed by atoms with Gasteiger partial charge in [-0.15, -0.1) is 0 Å². The predicted molar refractivity (Wildman–Crippen MR) is 90.6 cm³/mol. The lowest BCUT2D eigenvalue weighted by Crippen LogP contribution is -2.29. The van der Waals surface area contributed by atoms with Crippen LogP contribution in [-0.2, 0) is 16.0 Å². The average molecular weight is 340 g/mol. The molecule has 1 N–H and O–H groups in total. The molecule has 0 saturated carbocycles. The first kappa shape index (κ1) is 17.0. The summed E-state index contributed by atoms with van der Waals surface area (Å²) in [6.07, 6.45) is 2.30. The number of imide groups is 1. The molecule has 1 aromatic heterocycles. The van der Waals surface area contributed by atoms with Gasteiger partial charge in [-0.25, -0.2) is 0 Å². The van der Waals surface area contributed by atoms with E-state index < -0.39 is 0 Å². The average Bonchev–Trinajstić information content (AvgIpc) is 3.24. The van der Waals surface area contributed by atoms with Crippen molar-refractivity contribution in [2.24, 2.45) is 5.92 Å². The van der Waals surface area contributed by atoms with Gasteiger partial charge in [0.15, 0.2) is 0 Å². The van der Waals surface area contributed by atoms with E-state index in [4.69, 9.17) is 4.42 Å². The lowest BCUT2D eigenvalue weighted by atomic mass is 9.97. The molecule has 2 atom stereocenters. The summed E-state index contributed by atoms with van der Waals surface area (Å²) in [4.78, 5) is 37.1. The molecule has 1 saturated heterocycles. The molecule has 0 radical (unpaired) electrons. The van der Waals surface area contributed by atoms with Crippen LogP contribution in [0.2, 0.25) is 0 Å². The number of amides is 3. The number of nitrogens with one attached hydrogen (secondary N) is 1. The summed E-state index contributed by atoms with van der Waals surface area (Å²) < 4.78 is 5.36. The maximum Gasteiger partial charge on any atom is 0.254 e. The van der Waals surface area contributed by atoms with Crippen molar-refractivity contribution < 1.29 is 18.8 Å². The number of hydrogen-bond acceptors (Lipinski definition) is 4. The minimum atomic E-state index is -0.323. The van der Waals surface area contributed by atoms with Crippen molar-refractivity contribution in [2.45, 2.75) is 25.8 Å². The van der Waals surface area contributed by atoms with E-state index in [0.717, 1.165) is 11.3 Å².